The van der Waals surface area contributed by atoms with Crippen LogP contribution in [0.4, 0.5) is 0 Å². The first-order chi connectivity index (χ1) is 16.1. The van der Waals surface area contributed by atoms with E-state index in [1.54, 1.807) is 4.90 Å². The summed E-state index contributed by atoms with van der Waals surface area (Å²) in [6.07, 6.45) is 0. The maximum atomic E-state index is 12.8. The van der Waals surface area contributed by atoms with Crippen molar-refractivity contribution in [1.82, 2.24) is 10.2 Å². The molecule has 0 heterocycles. The van der Waals surface area contributed by atoms with Crippen LogP contribution < -0.4 is 19.5 Å². The molecule has 0 aliphatic heterocycles. The summed E-state index contributed by atoms with van der Waals surface area (Å²) in [7, 11) is 4.33. The van der Waals surface area contributed by atoms with Gasteiger partial charge in [0.2, 0.25) is 5.75 Å². The van der Waals surface area contributed by atoms with E-state index in [4.69, 9.17) is 18.9 Å². The van der Waals surface area contributed by atoms with Crippen LogP contribution in [0.25, 0.3) is 0 Å². The summed E-state index contributed by atoms with van der Waals surface area (Å²) in [4.78, 5) is 39.1. The summed E-state index contributed by atoms with van der Waals surface area (Å²) < 4.78 is 20.8. The highest BCUT2D eigenvalue weighted by atomic mass is 16.5. The Hall–Kier alpha value is -3.75. The normalized spacial score (nSPS) is 10.8. The molecule has 0 spiro atoms. The summed E-state index contributed by atoms with van der Waals surface area (Å²) >= 11 is 0. The van der Waals surface area contributed by atoms with E-state index in [1.807, 2.05) is 51.1 Å². The lowest BCUT2D eigenvalue weighted by Crippen LogP contribution is -2.47. The zero-order chi connectivity index (χ0) is 25.3. The van der Waals surface area contributed by atoms with Crippen molar-refractivity contribution in [2.24, 2.45) is 0 Å². The van der Waals surface area contributed by atoms with E-state index in [-0.39, 0.29) is 11.5 Å². The Balaban J connectivity index is 1.95. The highest BCUT2D eigenvalue weighted by Gasteiger charge is 2.27. The van der Waals surface area contributed by atoms with Crippen LogP contribution in [0, 0.1) is 0 Å². The molecule has 0 aromatic heterocycles. The molecule has 0 radical (unpaired) electrons. The Kier molecular flexibility index (Phi) is 9.29. The van der Waals surface area contributed by atoms with Gasteiger partial charge < -0.3 is 29.2 Å². The molecular formula is C25H32N2O7. The largest absolute Gasteiger partial charge is 0.493 e. The number of hydrogen-bond acceptors (Lipinski definition) is 7. The topological polar surface area (TPSA) is 103 Å². The number of carbonyl (C=O) groups is 3. The number of hydrogen-bond donors (Lipinski definition) is 1. The number of amides is 2. The van der Waals surface area contributed by atoms with Gasteiger partial charge in [-0.1, -0.05) is 30.3 Å². The van der Waals surface area contributed by atoms with E-state index < -0.39 is 30.6 Å². The van der Waals surface area contributed by atoms with Gasteiger partial charge in [-0.25, -0.2) is 0 Å². The van der Waals surface area contributed by atoms with Gasteiger partial charge in [0.1, 0.15) is 6.54 Å². The SMILES string of the molecule is COc1cc(C(=O)NCC(=O)OCC(=O)N(Cc2ccccc2)C(C)(C)C)cc(OC)c1OC. The number of nitrogens with one attached hydrogen (secondary N) is 1. The zero-order valence-corrected chi connectivity index (χ0v) is 20.5. The average molecular weight is 473 g/mol. The van der Waals surface area contributed by atoms with Crippen LogP contribution >= 0.6 is 0 Å². The summed E-state index contributed by atoms with van der Waals surface area (Å²) in [5.74, 6) is -0.647. The van der Waals surface area contributed by atoms with Crippen LogP contribution in [0.15, 0.2) is 42.5 Å². The molecule has 2 rings (SSSR count). The minimum absolute atomic E-state index is 0.208. The number of nitrogens with zero attached hydrogens (tertiary/aromatic N) is 1. The quantitative estimate of drug-likeness (QED) is 0.531. The number of methoxy groups -OCH3 is 3. The molecule has 9 nitrogen and oxygen atoms in total. The first kappa shape index (κ1) is 26.5. The van der Waals surface area contributed by atoms with Crippen molar-refractivity contribution in [1.29, 1.82) is 0 Å². The fraction of sp³-hybridized carbons (Fsp3) is 0.400. The van der Waals surface area contributed by atoms with Crippen molar-refractivity contribution >= 4 is 17.8 Å². The highest BCUT2D eigenvalue weighted by Crippen LogP contribution is 2.38. The molecule has 2 amide bonds. The molecule has 0 aliphatic rings. The predicted molar refractivity (Wildman–Crippen MR) is 126 cm³/mol. The zero-order valence-electron chi connectivity index (χ0n) is 20.5. The minimum atomic E-state index is -0.734. The highest BCUT2D eigenvalue weighted by molar-refractivity contribution is 5.97. The Labute approximate surface area is 199 Å². The second-order valence-corrected chi connectivity index (χ2v) is 8.39. The third-order valence-corrected chi connectivity index (χ3v) is 4.97. The first-order valence-electron chi connectivity index (χ1n) is 10.7. The molecule has 184 valence electrons. The maximum Gasteiger partial charge on any atom is 0.325 e. The van der Waals surface area contributed by atoms with E-state index in [0.29, 0.717) is 23.8 Å². The van der Waals surface area contributed by atoms with Crippen LogP contribution in [0.2, 0.25) is 0 Å². The van der Waals surface area contributed by atoms with Crippen molar-refractivity contribution < 1.29 is 33.3 Å². The van der Waals surface area contributed by atoms with Gasteiger partial charge in [0.05, 0.1) is 21.3 Å². The second-order valence-electron chi connectivity index (χ2n) is 8.39. The van der Waals surface area contributed by atoms with Crippen molar-refractivity contribution in [3.8, 4) is 17.2 Å². The average Bonchev–Trinajstić information content (AvgIpc) is 2.83. The van der Waals surface area contributed by atoms with Gasteiger partial charge in [-0.05, 0) is 38.5 Å². The fourth-order valence-electron chi connectivity index (χ4n) is 3.20. The van der Waals surface area contributed by atoms with Crippen molar-refractivity contribution in [2.45, 2.75) is 32.9 Å². The molecule has 0 unspecified atom stereocenters. The van der Waals surface area contributed by atoms with Gasteiger partial charge in [-0.2, -0.15) is 0 Å². The van der Waals surface area contributed by atoms with Crippen LogP contribution in [0.3, 0.4) is 0 Å². The lowest BCUT2D eigenvalue weighted by molar-refractivity contribution is -0.153. The van der Waals surface area contributed by atoms with E-state index in [9.17, 15) is 14.4 Å². The van der Waals surface area contributed by atoms with Crippen LogP contribution in [-0.2, 0) is 20.9 Å². The van der Waals surface area contributed by atoms with Gasteiger partial charge in [0.15, 0.2) is 18.1 Å². The summed E-state index contributed by atoms with van der Waals surface area (Å²) in [6, 6.07) is 12.5. The third kappa shape index (κ3) is 7.13. The van der Waals surface area contributed by atoms with Crippen molar-refractivity contribution in [3.05, 3.63) is 53.6 Å². The molecule has 0 saturated heterocycles. The monoisotopic (exact) mass is 472 g/mol. The number of carbonyl (C=O) groups excluding carboxylic acids is 3. The molecule has 2 aromatic rings. The lowest BCUT2D eigenvalue weighted by atomic mass is 10.0. The molecule has 0 fully saturated rings. The third-order valence-electron chi connectivity index (χ3n) is 4.97. The molecule has 34 heavy (non-hydrogen) atoms. The van der Waals surface area contributed by atoms with Gasteiger partial charge in [-0.3, -0.25) is 14.4 Å². The standard InChI is InChI=1S/C25H32N2O7/c1-25(2,3)27(15-17-10-8-7-9-11-17)21(28)16-34-22(29)14-26-24(30)18-12-19(31-4)23(33-6)20(13-18)32-5/h7-13H,14-16H2,1-6H3,(H,26,30). The van der Waals surface area contributed by atoms with E-state index in [2.05, 4.69) is 5.32 Å². The molecule has 0 aliphatic carbocycles. The number of esters is 1. The minimum Gasteiger partial charge on any atom is -0.493 e. The van der Waals surface area contributed by atoms with E-state index in [1.165, 1.54) is 33.5 Å². The van der Waals surface area contributed by atoms with Crippen LogP contribution in [0.1, 0.15) is 36.7 Å². The Bertz CT molecular complexity index is 975. The van der Waals surface area contributed by atoms with E-state index in [0.717, 1.165) is 5.56 Å². The molecule has 0 atom stereocenters. The van der Waals surface area contributed by atoms with E-state index >= 15 is 0 Å². The fourth-order valence-corrected chi connectivity index (χ4v) is 3.20. The summed E-state index contributed by atoms with van der Waals surface area (Å²) in [5.41, 5.74) is 0.704. The molecule has 1 N–H and O–H groups in total. The Morgan fingerprint density at radius 3 is 2.00 bits per heavy atom. The summed E-state index contributed by atoms with van der Waals surface area (Å²) in [6.45, 7) is 5.28. The Morgan fingerprint density at radius 2 is 1.50 bits per heavy atom. The van der Waals surface area contributed by atoms with Crippen LogP contribution in [0.5, 0.6) is 17.2 Å². The maximum absolute atomic E-state index is 12.8. The second kappa shape index (κ2) is 11.9. The van der Waals surface area contributed by atoms with Crippen molar-refractivity contribution in [3.63, 3.8) is 0 Å². The number of benzene rings is 2. The molecule has 0 bridgehead atoms. The van der Waals surface area contributed by atoms with Gasteiger partial charge in [0.25, 0.3) is 11.8 Å². The van der Waals surface area contributed by atoms with Gasteiger partial charge in [0, 0.05) is 17.6 Å². The lowest BCUT2D eigenvalue weighted by Gasteiger charge is -2.35. The first-order valence-corrected chi connectivity index (χ1v) is 10.7. The number of ether oxygens (including phenoxy) is 4. The predicted octanol–water partition coefficient (Wildman–Crippen LogP) is 2.81. The van der Waals surface area contributed by atoms with Crippen LogP contribution in [-0.4, -0.2) is 62.7 Å². The molecule has 9 heteroatoms. The van der Waals surface area contributed by atoms with Gasteiger partial charge >= 0.3 is 5.97 Å². The van der Waals surface area contributed by atoms with Gasteiger partial charge in [-0.15, -0.1) is 0 Å². The molecule has 2 aromatic carbocycles. The van der Waals surface area contributed by atoms with Crippen molar-refractivity contribution in [2.75, 3.05) is 34.5 Å². The molecular weight excluding hydrogens is 440 g/mol. The molecule has 0 saturated carbocycles. The smallest absolute Gasteiger partial charge is 0.325 e. The Morgan fingerprint density at radius 1 is 0.912 bits per heavy atom. The number of rotatable bonds is 10. The summed E-state index contributed by atoms with van der Waals surface area (Å²) in [5, 5.41) is 2.47.